The second kappa shape index (κ2) is 31.4. The number of benzene rings is 33. The zero-order valence-corrected chi connectivity index (χ0v) is 74.2. The summed E-state index contributed by atoms with van der Waals surface area (Å²) in [5, 5.41) is 5.66. The van der Waals surface area contributed by atoms with E-state index in [0.29, 0.717) is 38.8 Å². The minimum absolute atomic E-state index is 0.0284. The summed E-state index contributed by atoms with van der Waals surface area (Å²) < 4.78 is 509. The van der Waals surface area contributed by atoms with E-state index in [1.807, 2.05) is 115 Å². The van der Waals surface area contributed by atoms with Gasteiger partial charge in [-0.05, 0) is 357 Å². The Kier molecular flexibility index (Phi) is 9.45. The summed E-state index contributed by atoms with van der Waals surface area (Å²) in [6, 6.07) is 16.4. The normalized spacial score (nSPS) is 17.6. The standard InChI is InChI=1S/3C48H28/c1-2-13-40-39(12-1)37(26-27-41(40)42-23-19-34-17-15-30-7-4-9-32-21-25-44(42)48(34)46(30)32)35-10-5-11-36(28-35)38-22-18-33-16-14-29-6-3-8-31-20-24-43(38)47(33)45(29)31;2*1-2-10-39-37(5-1)27-38(41-24-20-36-18-16-32-7-4-9-34-22-26-43(41)48(36)46(32)34)28-44(39)30-13-11-29(12-14-30)40-23-19-35-17-15-31-6-3-8-33-21-25-42(40)47(35)45(31)33/h3*1-28H/i1D,2D,3D,4D,5D,6D,7D,8D,9D,10D,11D,12D,13D,14D,15D,16D,17D,18D,19D,20D,21D,22D,23D,24D,25D,26D,27D,28D;3D,4D,6D,7D,8D,9D,15D,16D,17D,18D,19D,20D,21D,22D,23D,24D,25D,26D;1D,2D,5D,10D,11D,12D,13D,14D,27D,28D. The van der Waals surface area contributed by atoms with Crippen molar-refractivity contribution < 1.29 is 76.8 Å². The Hall–Kier alpha value is -18.7. The van der Waals surface area contributed by atoms with Crippen molar-refractivity contribution >= 4 is 226 Å². The van der Waals surface area contributed by atoms with Gasteiger partial charge >= 0.3 is 0 Å². The molecule has 0 heterocycles. The minimum atomic E-state index is -1.08. The van der Waals surface area contributed by atoms with Crippen molar-refractivity contribution in [2.45, 2.75) is 0 Å². The highest BCUT2D eigenvalue weighted by molar-refractivity contribution is 6.33. The van der Waals surface area contributed by atoms with E-state index in [1.54, 1.807) is 42.5 Å². The summed E-state index contributed by atoms with van der Waals surface area (Å²) in [5.41, 5.74) is -1.81. The van der Waals surface area contributed by atoms with E-state index in [1.165, 1.54) is 0 Å². The summed E-state index contributed by atoms with van der Waals surface area (Å²) in [6.45, 7) is 0. The van der Waals surface area contributed by atoms with Crippen LogP contribution in [0.2, 0.25) is 0 Å². The number of fused-ring (bicyclic) bond motifs is 3. The van der Waals surface area contributed by atoms with E-state index < -0.39 is 389 Å². The highest BCUT2D eigenvalue weighted by Gasteiger charge is 2.24. The molecule has 0 heteroatoms. The van der Waals surface area contributed by atoms with Crippen LogP contribution in [0.3, 0.4) is 0 Å². The maximum absolute atomic E-state index is 9.89. The molecule has 0 spiro atoms. The van der Waals surface area contributed by atoms with Crippen LogP contribution >= 0.6 is 0 Å². The molecule has 33 aromatic carbocycles. The van der Waals surface area contributed by atoms with E-state index in [4.69, 9.17) is 43.9 Å². The average Bonchev–Trinajstić information content (AvgIpc) is 0.672. The maximum Gasteiger partial charge on any atom is 0.0636 e. The fourth-order valence-corrected chi connectivity index (χ4v) is 21.2. The van der Waals surface area contributed by atoms with E-state index in [0.717, 1.165) is 70.0 Å². The first-order chi connectivity index (χ1) is 94.8. The van der Waals surface area contributed by atoms with Gasteiger partial charge in [-0.3, -0.25) is 0 Å². The summed E-state index contributed by atoms with van der Waals surface area (Å²) in [5.74, 6) is 0. The number of hydrogen-bond donors (Lipinski definition) is 0. The summed E-state index contributed by atoms with van der Waals surface area (Å²) >= 11 is 0. The van der Waals surface area contributed by atoms with Gasteiger partial charge in [0.25, 0.3) is 0 Å². The van der Waals surface area contributed by atoms with Gasteiger partial charge in [0.1, 0.15) is 0 Å². The van der Waals surface area contributed by atoms with Gasteiger partial charge in [-0.1, -0.05) is 478 Å². The van der Waals surface area contributed by atoms with Gasteiger partial charge in [-0.2, -0.15) is 0 Å². The van der Waals surface area contributed by atoms with Crippen LogP contribution in [0.5, 0.6) is 0 Å². The van der Waals surface area contributed by atoms with Gasteiger partial charge in [0.05, 0.1) is 76.8 Å². The maximum atomic E-state index is 9.89. The molecule has 0 fully saturated rings. The molecule has 0 aliphatic heterocycles. The van der Waals surface area contributed by atoms with Crippen molar-refractivity contribution in [2.75, 3.05) is 0 Å². The molecule has 0 amide bonds. The lowest BCUT2D eigenvalue weighted by Gasteiger charge is -2.17. The smallest absolute Gasteiger partial charge is 0.0616 e. The quantitative estimate of drug-likeness (QED) is 0.126. The van der Waals surface area contributed by atoms with Gasteiger partial charge in [-0.15, -0.1) is 0 Å². The van der Waals surface area contributed by atoms with Crippen molar-refractivity contribution in [3.63, 3.8) is 0 Å². The van der Waals surface area contributed by atoms with E-state index >= 15 is 0 Å². The van der Waals surface area contributed by atoms with Crippen LogP contribution in [0.25, 0.3) is 326 Å². The fourth-order valence-electron chi connectivity index (χ4n) is 21.2. The highest BCUT2D eigenvalue weighted by atomic mass is 14.3. The van der Waals surface area contributed by atoms with Crippen LogP contribution in [0.4, 0.5) is 0 Å². The fraction of sp³-hybridized carbons (Fsp3) is 0. The van der Waals surface area contributed by atoms with E-state index in [-0.39, 0.29) is 167 Å². The Bertz CT molecular complexity index is 14700. The molecule has 0 aliphatic carbocycles. The van der Waals surface area contributed by atoms with Crippen LogP contribution < -0.4 is 0 Å². The topological polar surface area (TPSA) is 0 Å². The molecular formula is C144H84. The molecule has 660 valence electrons. The first-order valence-corrected chi connectivity index (χ1v) is 45.8. The SMILES string of the molecule is [2H]c1c([2H])c(-c2c([2H])c(-c3ccc4ccc5cccc6ccc3c4c56)c([2H])c3c([2H])c([2H])c([2H])c([2H])c23)c([2H])c([2H])c1-c1ccc2ccc3cccc4ccc1c2c34.[2H]c1c([2H])c(-c2c([2H])c([2H])c(-c3c([2H])c([2H])c4c([2H])c([2H])c5c([2H])c([2H])c([2H])c6c([2H])c([2H])c3c4c56)c3c([2H])c([2H])c([2H])c([2H])c23)c([2H])c(-c2c([2H])c([2H])c3c([2H])c([2H])c4c([2H])c([2H])c([2H])c5c([2H])c([2H])c2c3c45)c1[2H].[2H]c1c([2H])c2c([2H])c([2H])c3c([2H])c([2H])c(-c4ccc(-c5cc(-c6c([2H])c([2H])c7c([2H])c([2H])c8c([2H])c([2H])c([2H])c9c([2H])c([2H])c6c7c89)cc6ccccc56)cc4)c4c([2H])c([2H])c(c1[2H])c2c34. The van der Waals surface area contributed by atoms with Gasteiger partial charge in [0.15, 0.2) is 0 Å². The van der Waals surface area contributed by atoms with Gasteiger partial charge in [0.2, 0.25) is 0 Å². The Morgan fingerprint density at radius 3 is 0.882 bits per heavy atom. The van der Waals surface area contributed by atoms with E-state index in [9.17, 15) is 32.9 Å². The Morgan fingerprint density at radius 1 is 0.104 bits per heavy atom. The lowest BCUT2D eigenvalue weighted by atomic mass is 9.86. The molecule has 0 bridgehead atoms. The second-order valence-electron chi connectivity index (χ2n) is 35.3. The molecule has 0 aliphatic rings. The molecule has 0 radical (unpaired) electrons. The molecule has 0 unspecified atom stereocenters. The Balaban J connectivity index is 0.000000125. The third-order valence-electron chi connectivity index (χ3n) is 27.7. The van der Waals surface area contributed by atoms with Crippen molar-refractivity contribution in [1.29, 1.82) is 0 Å². The average molecular weight is 1870 g/mol. The third kappa shape index (κ3) is 12.3. The van der Waals surface area contributed by atoms with Crippen LogP contribution in [-0.4, -0.2) is 0 Å². The summed E-state index contributed by atoms with van der Waals surface area (Å²) in [6.07, 6.45) is 0. The monoisotopic (exact) mass is 1870 g/mol. The van der Waals surface area contributed by atoms with Crippen molar-refractivity contribution in [2.24, 2.45) is 0 Å². The predicted octanol–water partition coefficient (Wildman–Crippen LogP) is 40.9. The van der Waals surface area contributed by atoms with Crippen molar-refractivity contribution in [3.8, 4) is 100 Å². The molecule has 144 heavy (non-hydrogen) atoms. The predicted molar refractivity (Wildman–Crippen MR) is 623 cm³/mol. The van der Waals surface area contributed by atoms with Crippen LogP contribution in [0.15, 0.2) is 508 Å². The Morgan fingerprint density at radius 2 is 0.403 bits per heavy atom. The lowest BCUT2D eigenvalue weighted by molar-refractivity contribution is 1.62. The van der Waals surface area contributed by atoms with Gasteiger partial charge in [-0.25, -0.2) is 0 Å². The zero-order chi connectivity index (χ0) is 143. The van der Waals surface area contributed by atoms with E-state index in [2.05, 4.69) is 12.1 Å². The molecule has 0 saturated heterocycles. The van der Waals surface area contributed by atoms with Crippen LogP contribution in [0, 0.1) is 0 Å². The molecule has 0 saturated carbocycles. The summed E-state index contributed by atoms with van der Waals surface area (Å²) in [7, 11) is 0. The molecule has 0 aromatic heterocycles. The van der Waals surface area contributed by atoms with Gasteiger partial charge < -0.3 is 0 Å². The van der Waals surface area contributed by atoms with Crippen LogP contribution in [-0.2, 0) is 0 Å². The zero-order valence-electron chi connectivity index (χ0n) is 130. The van der Waals surface area contributed by atoms with Crippen LogP contribution in [0.1, 0.15) is 76.8 Å². The second-order valence-corrected chi connectivity index (χ2v) is 35.3. The number of rotatable bonds is 9. The van der Waals surface area contributed by atoms with Gasteiger partial charge in [0, 0.05) is 0 Å². The molecule has 0 N–H and O–H groups in total. The van der Waals surface area contributed by atoms with Crippen molar-refractivity contribution in [1.82, 2.24) is 0 Å². The first kappa shape index (κ1) is 43.3. The van der Waals surface area contributed by atoms with Crippen molar-refractivity contribution in [3.05, 3.63) is 508 Å². The largest absolute Gasteiger partial charge is 0.0636 e. The minimum Gasteiger partial charge on any atom is -0.0616 e. The molecule has 33 rings (SSSR count). The molecule has 0 atom stereocenters. The molecular weight excluding hydrogens is 1730 g/mol. The summed E-state index contributed by atoms with van der Waals surface area (Å²) in [4.78, 5) is 0. The first-order valence-electron chi connectivity index (χ1n) is 73.8. The Labute approximate surface area is 908 Å². The third-order valence-corrected chi connectivity index (χ3v) is 27.7. The molecule has 0 nitrogen and oxygen atoms in total. The number of hydrogen-bond acceptors (Lipinski definition) is 0. The molecule has 33 aromatic rings. The lowest BCUT2D eigenvalue weighted by Crippen LogP contribution is -1.90. The highest BCUT2D eigenvalue weighted by Crippen LogP contribution is 2.52.